The molecule has 0 aromatic rings. The highest BCUT2D eigenvalue weighted by atomic mass is 31.2. The molecule has 6 unspecified atom stereocenters. The van der Waals surface area contributed by atoms with Crippen molar-refractivity contribution in [2.24, 2.45) is 0 Å². The van der Waals surface area contributed by atoms with Gasteiger partial charge in [-0.3, -0.25) is 18.6 Å². The van der Waals surface area contributed by atoms with Crippen LogP contribution in [0.1, 0.15) is 162 Å². The van der Waals surface area contributed by atoms with Gasteiger partial charge in [-0.2, -0.15) is 0 Å². The Kier molecular flexibility index (Phi) is 27.9. The van der Waals surface area contributed by atoms with Gasteiger partial charge in [-0.15, -0.1) is 0 Å². The molecule has 1 aliphatic rings. The standard InChI is InChI=1S/C38H71O13P/c1-3-5-7-9-11-13-14-15-16-17-19-20-22-24-26-31(39)48-28-30(50-32(40)27-25-23-21-18-12-10-8-6-4-2)29-49-52(46,47)51-38-36(44)34(42)33(41)35(43)37(38)45/h14-15,30,33-38,41-45H,3-13,16-29H2,1-2H3,(H,46,47)/b15-14-/t30-,33?,34-,35?,36?,37?,38?/m1/s1. The van der Waals surface area contributed by atoms with Crippen LogP contribution in [0.5, 0.6) is 0 Å². The van der Waals surface area contributed by atoms with Gasteiger partial charge in [-0.1, -0.05) is 122 Å². The Morgan fingerprint density at radius 1 is 0.577 bits per heavy atom. The molecule has 0 saturated heterocycles. The van der Waals surface area contributed by atoms with E-state index in [-0.39, 0.29) is 12.8 Å². The lowest BCUT2D eigenvalue weighted by Crippen LogP contribution is -2.64. The molecule has 0 heterocycles. The number of hydrogen-bond acceptors (Lipinski definition) is 12. The van der Waals surface area contributed by atoms with Crippen molar-refractivity contribution < 1.29 is 63.1 Å². The summed E-state index contributed by atoms with van der Waals surface area (Å²) in [5, 5.41) is 49.9. The molecule has 8 atom stereocenters. The first-order valence-electron chi connectivity index (χ1n) is 20.0. The fourth-order valence-electron chi connectivity index (χ4n) is 6.05. The predicted molar refractivity (Wildman–Crippen MR) is 198 cm³/mol. The first-order valence-corrected chi connectivity index (χ1v) is 21.5. The molecule has 1 fully saturated rings. The van der Waals surface area contributed by atoms with Crippen molar-refractivity contribution in [2.75, 3.05) is 13.2 Å². The predicted octanol–water partition coefficient (Wildman–Crippen LogP) is 6.33. The quantitative estimate of drug-likeness (QED) is 0.0192. The molecule has 0 radical (unpaired) electrons. The summed E-state index contributed by atoms with van der Waals surface area (Å²) < 4.78 is 33.3. The molecule has 1 rings (SSSR count). The van der Waals surface area contributed by atoms with E-state index in [1.807, 2.05) is 0 Å². The lowest BCUT2D eigenvalue weighted by atomic mass is 9.85. The number of phosphoric acid groups is 1. The summed E-state index contributed by atoms with van der Waals surface area (Å²) in [6.45, 7) is 3.22. The molecule has 1 aliphatic carbocycles. The van der Waals surface area contributed by atoms with Gasteiger partial charge in [0.05, 0.1) is 6.61 Å². The molecule has 0 spiro atoms. The van der Waals surface area contributed by atoms with Gasteiger partial charge in [-0.05, 0) is 38.5 Å². The summed E-state index contributed by atoms with van der Waals surface area (Å²) in [5.74, 6) is -1.11. The van der Waals surface area contributed by atoms with E-state index in [2.05, 4.69) is 26.0 Å². The third-order valence-electron chi connectivity index (χ3n) is 9.36. The Morgan fingerprint density at radius 2 is 0.981 bits per heavy atom. The Labute approximate surface area is 312 Å². The molecule has 6 N–H and O–H groups in total. The van der Waals surface area contributed by atoms with E-state index in [0.29, 0.717) is 12.8 Å². The monoisotopic (exact) mass is 766 g/mol. The second kappa shape index (κ2) is 29.9. The van der Waals surface area contributed by atoms with Gasteiger partial charge in [0.15, 0.2) is 6.10 Å². The first-order chi connectivity index (χ1) is 24.9. The summed E-state index contributed by atoms with van der Waals surface area (Å²) >= 11 is 0. The van der Waals surface area contributed by atoms with Crippen LogP contribution in [-0.2, 0) is 32.7 Å². The number of phosphoric ester groups is 1. The largest absolute Gasteiger partial charge is 0.472 e. The number of hydrogen-bond donors (Lipinski definition) is 6. The molecular formula is C38H71O13P. The van der Waals surface area contributed by atoms with Crippen molar-refractivity contribution in [3.63, 3.8) is 0 Å². The maximum Gasteiger partial charge on any atom is 0.472 e. The second-order valence-corrected chi connectivity index (χ2v) is 15.5. The van der Waals surface area contributed by atoms with E-state index in [1.54, 1.807) is 0 Å². The molecule has 0 amide bonds. The van der Waals surface area contributed by atoms with E-state index in [9.17, 15) is 44.6 Å². The molecule has 13 nitrogen and oxygen atoms in total. The number of unbranched alkanes of at least 4 members (excludes halogenated alkanes) is 18. The van der Waals surface area contributed by atoms with Crippen LogP contribution >= 0.6 is 7.82 Å². The Hall–Kier alpha value is -1.41. The zero-order chi connectivity index (χ0) is 38.6. The molecule has 14 heteroatoms. The number of carbonyl (C=O) groups is 2. The van der Waals surface area contributed by atoms with E-state index in [1.165, 1.54) is 57.8 Å². The summed E-state index contributed by atoms with van der Waals surface area (Å²) in [4.78, 5) is 35.4. The maximum atomic E-state index is 12.7. The first kappa shape index (κ1) is 48.6. The van der Waals surface area contributed by atoms with Crippen molar-refractivity contribution in [1.29, 1.82) is 0 Å². The van der Waals surface area contributed by atoms with Crippen LogP contribution < -0.4 is 0 Å². The lowest BCUT2D eigenvalue weighted by molar-refractivity contribution is -0.220. The minimum absolute atomic E-state index is 0.0982. The highest BCUT2D eigenvalue weighted by Gasteiger charge is 2.51. The van der Waals surface area contributed by atoms with Crippen molar-refractivity contribution in [2.45, 2.75) is 204 Å². The summed E-state index contributed by atoms with van der Waals surface area (Å²) in [7, 11) is -5.10. The molecular weight excluding hydrogens is 695 g/mol. The lowest BCUT2D eigenvalue weighted by Gasteiger charge is -2.41. The van der Waals surface area contributed by atoms with Gasteiger partial charge in [0.1, 0.15) is 43.2 Å². The highest BCUT2D eigenvalue weighted by Crippen LogP contribution is 2.47. The molecule has 52 heavy (non-hydrogen) atoms. The van der Waals surface area contributed by atoms with E-state index in [0.717, 1.165) is 64.2 Å². The van der Waals surface area contributed by atoms with Gasteiger partial charge >= 0.3 is 19.8 Å². The fraction of sp³-hybridized carbons (Fsp3) is 0.895. The normalized spacial score (nSPS) is 23.8. The van der Waals surface area contributed by atoms with Crippen molar-refractivity contribution in [3.8, 4) is 0 Å². The second-order valence-electron chi connectivity index (χ2n) is 14.1. The topological polar surface area (TPSA) is 210 Å². The number of carbonyl (C=O) groups excluding carboxylic acids is 2. The average Bonchev–Trinajstić information content (AvgIpc) is 3.12. The number of aliphatic hydroxyl groups is 5. The minimum Gasteiger partial charge on any atom is -0.462 e. The molecule has 0 bridgehead atoms. The van der Waals surface area contributed by atoms with E-state index >= 15 is 0 Å². The minimum atomic E-state index is -5.10. The van der Waals surface area contributed by atoms with Crippen LogP contribution in [0, 0.1) is 0 Å². The average molecular weight is 767 g/mol. The Bertz CT molecular complexity index is 980. The van der Waals surface area contributed by atoms with Crippen LogP contribution in [0.4, 0.5) is 0 Å². The molecule has 306 valence electrons. The molecule has 1 saturated carbocycles. The summed E-state index contributed by atoms with van der Waals surface area (Å²) in [6, 6.07) is 0. The SMILES string of the molecule is CCCCCCC/C=C\CCCCCCCC(=O)OC[C@H](COP(=O)(O)OC1C(O)C(O)C(O)[C@@H](O)C1O)OC(=O)CCCCCCCCCCC. The van der Waals surface area contributed by atoms with Crippen molar-refractivity contribution in [3.05, 3.63) is 12.2 Å². The van der Waals surface area contributed by atoms with Gasteiger partial charge in [0, 0.05) is 12.8 Å². The zero-order valence-corrected chi connectivity index (χ0v) is 32.8. The number of ether oxygens (including phenoxy) is 2. The highest BCUT2D eigenvalue weighted by molar-refractivity contribution is 7.47. The van der Waals surface area contributed by atoms with Crippen LogP contribution in [0.3, 0.4) is 0 Å². The number of rotatable bonds is 32. The summed E-state index contributed by atoms with van der Waals surface area (Å²) in [6.07, 6.45) is 14.4. The van der Waals surface area contributed by atoms with E-state index in [4.69, 9.17) is 18.5 Å². The van der Waals surface area contributed by atoms with E-state index < -0.39 is 75.7 Å². The van der Waals surface area contributed by atoms with Gasteiger partial charge in [0.2, 0.25) is 0 Å². The van der Waals surface area contributed by atoms with Crippen LogP contribution in [0.25, 0.3) is 0 Å². The van der Waals surface area contributed by atoms with Crippen molar-refractivity contribution in [1.82, 2.24) is 0 Å². The molecule has 0 aromatic heterocycles. The van der Waals surface area contributed by atoms with Crippen molar-refractivity contribution >= 4 is 19.8 Å². The third-order valence-corrected chi connectivity index (χ3v) is 10.3. The smallest absolute Gasteiger partial charge is 0.462 e. The third kappa shape index (κ3) is 22.7. The van der Waals surface area contributed by atoms with Crippen LogP contribution in [-0.4, -0.2) is 98.3 Å². The van der Waals surface area contributed by atoms with Gasteiger partial charge in [-0.25, -0.2) is 4.57 Å². The number of esters is 2. The van der Waals surface area contributed by atoms with Gasteiger partial charge < -0.3 is 39.9 Å². The molecule has 0 aromatic carbocycles. The Morgan fingerprint density at radius 3 is 1.46 bits per heavy atom. The zero-order valence-electron chi connectivity index (χ0n) is 31.9. The Balaban J connectivity index is 2.52. The van der Waals surface area contributed by atoms with Crippen LogP contribution in [0.15, 0.2) is 12.2 Å². The number of aliphatic hydroxyl groups excluding tert-OH is 5. The fourth-order valence-corrected chi connectivity index (χ4v) is 7.02. The summed E-state index contributed by atoms with van der Waals surface area (Å²) in [5.41, 5.74) is 0. The van der Waals surface area contributed by atoms with Gasteiger partial charge in [0.25, 0.3) is 0 Å². The van der Waals surface area contributed by atoms with Crippen LogP contribution in [0.2, 0.25) is 0 Å². The number of allylic oxidation sites excluding steroid dienone is 2. The molecule has 0 aliphatic heterocycles. The maximum absolute atomic E-state index is 12.7.